The minimum atomic E-state index is -0.284. The Kier molecular flexibility index (Phi) is 9.28. The van der Waals surface area contributed by atoms with E-state index in [9.17, 15) is 0 Å². The summed E-state index contributed by atoms with van der Waals surface area (Å²) in [6.07, 6.45) is 2.33. The zero-order valence-corrected chi connectivity index (χ0v) is 46.1. The molecule has 0 amide bonds. The molecule has 9 aromatic rings. The van der Waals surface area contributed by atoms with Crippen LogP contribution in [0.3, 0.4) is 0 Å². The molecule has 0 atom stereocenters. The highest BCUT2D eigenvalue weighted by molar-refractivity contribution is 7.32. The number of hydrogen-bond donors (Lipinski definition) is 0. The summed E-state index contributed by atoms with van der Waals surface area (Å²) in [6, 6.07) is 48.1. The van der Waals surface area contributed by atoms with Crippen LogP contribution < -0.4 is 20.0 Å². The number of anilines is 5. The van der Waals surface area contributed by atoms with E-state index < -0.39 is 0 Å². The fourth-order valence-corrected chi connectivity index (χ4v) is 14.6. The molecule has 0 saturated heterocycles. The summed E-state index contributed by atoms with van der Waals surface area (Å²) in [7, 11) is 0. The number of rotatable bonds is 2. The Morgan fingerprint density at radius 1 is 0.500 bits per heavy atom. The van der Waals surface area contributed by atoms with Gasteiger partial charge in [-0.25, -0.2) is 0 Å². The van der Waals surface area contributed by atoms with Crippen molar-refractivity contribution in [3.63, 3.8) is 0 Å². The lowest BCUT2D eigenvalue weighted by atomic mass is 9.46. The summed E-state index contributed by atoms with van der Waals surface area (Å²) in [5.41, 5.74) is 24.3. The molecule has 72 heavy (non-hydrogen) atoms. The van der Waals surface area contributed by atoms with Crippen molar-refractivity contribution in [1.82, 2.24) is 0 Å². The van der Waals surface area contributed by atoms with Gasteiger partial charge in [0.15, 0.2) is 0 Å². The molecule has 0 bridgehead atoms. The van der Waals surface area contributed by atoms with Crippen LogP contribution in [-0.2, 0) is 32.5 Å². The number of thiophene rings is 1. The van der Waals surface area contributed by atoms with E-state index in [0.29, 0.717) is 0 Å². The summed E-state index contributed by atoms with van der Waals surface area (Å²) < 4.78 is 9.86. The van der Waals surface area contributed by atoms with Gasteiger partial charge in [-0.2, -0.15) is 0 Å². The van der Waals surface area contributed by atoms with Crippen molar-refractivity contribution in [1.29, 1.82) is 0 Å². The molecule has 2 aliphatic heterocycles. The van der Waals surface area contributed by atoms with Crippen LogP contribution >= 0.6 is 11.3 Å². The van der Waals surface area contributed by atoms with E-state index in [-0.39, 0.29) is 39.3 Å². The Morgan fingerprint density at radius 3 is 1.71 bits per heavy atom. The third-order valence-corrected chi connectivity index (χ3v) is 19.0. The van der Waals surface area contributed by atoms with E-state index in [4.69, 9.17) is 4.42 Å². The second-order valence-corrected chi connectivity index (χ2v) is 28.0. The molecule has 0 unspecified atom stereocenters. The minimum absolute atomic E-state index is 0.0132. The highest BCUT2D eigenvalue weighted by Crippen LogP contribution is 2.60. The summed E-state index contributed by atoms with van der Waals surface area (Å²) in [4.78, 5) is 5.43. The van der Waals surface area contributed by atoms with Crippen LogP contribution in [-0.4, -0.2) is 6.85 Å². The number of fused-ring (bicyclic) bond motifs is 14. The Bertz CT molecular complexity index is 3780. The Labute approximate surface area is 432 Å². The van der Waals surface area contributed by atoms with Gasteiger partial charge in [-0.15, -0.1) is 11.3 Å². The molecule has 4 heterocycles. The molecule has 0 N–H and O–H groups in total. The maximum absolute atomic E-state index is 7.18. The lowest BCUT2D eigenvalue weighted by Crippen LogP contribution is -2.61. The van der Waals surface area contributed by atoms with Gasteiger partial charge >= 0.3 is 6.85 Å². The molecule has 13 rings (SSSR count). The second-order valence-electron chi connectivity index (χ2n) is 26.9. The van der Waals surface area contributed by atoms with Gasteiger partial charge in [0.25, 0.3) is 0 Å². The van der Waals surface area contributed by atoms with Crippen molar-refractivity contribution in [2.24, 2.45) is 0 Å². The first-order valence-corrected chi connectivity index (χ1v) is 27.4. The first-order valence-electron chi connectivity index (χ1n) is 26.6. The maximum Gasteiger partial charge on any atom is 0.343 e. The van der Waals surface area contributed by atoms with Gasteiger partial charge in [0, 0.05) is 65.4 Å². The zero-order chi connectivity index (χ0) is 50.6. The van der Waals surface area contributed by atoms with E-state index in [1.54, 1.807) is 0 Å². The third-order valence-electron chi connectivity index (χ3n) is 17.8. The highest BCUT2D eigenvalue weighted by Gasteiger charge is 2.52. The third kappa shape index (κ3) is 6.41. The topological polar surface area (TPSA) is 19.6 Å². The van der Waals surface area contributed by atoms with Crippen molar-refractivity contribution in [2.45, 2.75) is 149 Å². The second kappa shape index (κ2) is 14.6. The van der Waals surface area contributed by atoms with Crippen LogP contribution in [0.15, 0.2) is 126 Å². The average molecular weight is 961 g/mol. The Morgan fingerprint density at radius 2 is 1.07 bits per heavy atom. The molecular formula is C67H69BN2OS. The maximum atomic E-state index is 7.18. The summed E-state index contributed by atoms with van der Waals surface area (Å²) in [5.74, 6) is 0. The van der Waals surface area contributed by atoms with Crippen molar-refractivity contribution >= 4 is 88.9 Å². The predicted molar refractivity (Wildman–Crippen MR) is 312 cm³/mol. The largest absolute Gasteiger partial charge is 0.456 e. The molecule has 5 heteroatoms. The summed E-state index contributed by atoms with van der Waals surface area (Å²) in [5, 5.41) is 3.71. The van der Waals surface area contributed by atoms with Gasteiger partial charge in [-0.3, -0.25) is 0 Å². The molecule has 0 saturated carbocycles. The molecule has 7 aromatic carbocycles. The number of furan rings is 1. The van der Waals surface area contributed by atoms with Crippen LogP contribution in [0.2, 0.25) is 0 Å². The van der Waals surface area contributed by atoms with Crippen LogP contribution in [0.25, 0.3) is 54.3 Å². The number of nitrogens with zero attached hydrogens (tertiary/aromatic N) is 2. The van der Waals surface area contributed by atoms with E-state index >= 15 is 0 Å². The fourth-order valence-electron chi connectivity index (χ4n) is 13.3. The van der Waals surface area contributed by atoms with Gasteiger partial charge in [0.2, 0.25) is 0 Å². The Balaban J connectivity index is 1.20. The molecule has 2 aromatic heterocycles. The van der Waals surface area contributed by atoms with Gasteiger partial charge in [0.05, 0.1) is 5.69 Å². The number of hydrogen-bond acceptors (Lipinski definition) is 4. The van der Waals surface area contributed by atoms with Crippen LogP contribution in [0.1, 0.15) is 156 Å². The van der Waals surface area contributed by atoms with Crippen molar-refractivity contribution in [3.05, 3.63) is 160 Å². The quantitative estimate of drug-likeness (QED) is 0.161. The summed E-state index contributed by atoms with van der Waals surface area (Å²) >= 11 is 1.98. The van der Waals surface area contributed by atoms with E-state index in [2.05, 4.69) is 235 Å². The fraction of sp³-hybridized carbons (Fsp3) is 0.343. The van der Waals surface area contributed by atoms with Gasteiger partial charge < -0.3 is 14.1 Å². The molecule has 0 radical (unpaired) electrons. The molecule has 4 aliphatic rings. The van der Waals surface area contributed by atoms with Gasteiger partial charge in [0.1, 0.15) is 11.2 Å². The molecule has 2 aliphatic carbocycles. The van der Waals surface area contributed by atoms with E-state index in [0.717, 1.165) is 17.6 Å². The highest BCUT2D eigenvalue weighted by atomic mass is 32.1. The van der Waals surface area contributed by atoms with Gasteiger partial charge in [-0.1, -0.05) is 158 Å². The normalized spacial score (nSPS) is 17.2. The SMILES string of the molecule is CC(C)(C)c1ccc(N2B3c4sc5ccc(C(C)(C)C)cc5c4N(c4ccc(C(C)(C)C)cc4)c4c3c(cc3c4C(C)(C)c4ccccc4-3)-c3cc4c(cc32)oc2cc3c(cc24)C(C)(C)CCC3(C)C)cc1. The average Bonchev–Trinajstić information content (AvgIpc) is 3.95. The monoisotopic (exact) mass is 961 g/mol. The van der Waals surface area contributed by atoms with Crippen LogP contribution in [0.5, 0.6) is 0 Å². The predicted octanol–water partition coefficient (Wildman–Crippen LogP) is 18.1. The molecule has 362 valence electrons. The molecule has 0 fully saturated rings. The van der Waals surface area contributed by atoms with Crippen molar-refractivity contribution < 1.29 is 4.42 Å². The number of benzene rings is 7. The van der Waals surface area contributed by atoms with Crippen LogP contribution in [0.4, 0.5) is 28.4 Å². The first-order chi connectivity index (χ1) is 33.8. The van der Waals surface area contributed by atoms with Gasteiger partial charge in [-0.05, 0) is 162 Å². The van der Waals surface area contributed by atoms with Crippen LogP contribution in [0, 0.1) is 0 Å². The molecule has 3 nitrogen and oxygen atoms in total. The van der Waals surface area contributed by atoms with Crippen molar-refractivity contribution in [3.8, 4) is 22.3 Å². The smallest absolute Gasteiger partial charge is 0.343 e. The minimum Gasteiger partial charge on any atom is -0.456 e. The first kappa shape index (κ1) is 45.8. The molecular weight excluding hydrogens is 892 g/mol. The Hall–Kier alpha value is -6.04. The lowest BCUT2D eigenvalue weighted by molar-refractivity contribution is 0.332. The van der Waals surface area contributed by atoms with Crippen molar-refractivity contribution in [2.75, 3.05) is 9.71 Å². The molecule has 0 spiro atoms. The van der Waals surface area contributed by atoms with E-state index in [1.807, 2.05) is 11.3 Å². The summed E-state index contributed by atoms with van der Waals surface area (Å²) in [6.45, 7) is 35.5. The standard InChI is InChI=1S/C67H69BN2OS/c1-62(2,3)38-20-25-41(26-21-38)69-59-49-32-40(64(7,8)9)24-29-56(49)72-61(59)68-58-48(34-47-43-18-16-17-19-50(43)67(14,15)57(47)60(58)69)44-33-45-46-35-51-52(66(12,13)31-30-65(51,10)11)36-54(46)71-55(45)37-53(44)70(68)42-27-22-39(23-28-42)63(4,5)6/h16-29,32-37H,30-31H2,1-15H3. The zero-order valence-electron chi connectivity index (χ0n) is 45.2. The van der Waals surface area contributed by atoms with E-state index in [1.165, 1.54) is 127 Å². The lowest BCUT2D eigenvalue weighted by Gasteiger charge is -2.46.